The third-order valence-corrected chi connectivity index (χ3v) is 5.51. The van der Waals surface area contributed by atoms with Gasteiger partial charge >= 0.3 is 5.97 Å². The van der Waals surface area contributed by atoms with Crippen LogP contribution in [0.4, 0.5) is 0 Å². The average Bonchev–Trinajstić information content (AvgIpc) is 2.44. The van der Waals surface area contributed by atoms with E-state index in [1.54, 1.807) is 0 Å². The highest BCUT2D eigenvalue weighted by atomic mass is 35.5. The molecule has 0 saturated carbocycles. The summed E-state index contributed by atoms with van der Waals surface area (Å²) in [5.41, 5.74) is 0. The molecule has 1 atom stereocenters. The summed E-state index contributed by atoms with van der Waals surface area (Å²) in [5.74, 6) is -0.0590. The van der Waals surface area contributed by atoms with Crippen LogP contribution in [0.1, 0.15) is 19.3 Å². The van der Waals surface area contributed by atoms with E-state index in [0.717, 1.165) is 19.4 Å². The largest absolute Gasteiger partial charge is 0.469 e. The number of nitrogens with one attached hydrogen (secondary N) is 1. The number of methoxy groups -OCH3 is 1. The number of nitrogens with zero attached hydrogens (tertiary/aromatic N) is 2. The molecule has 21 heavy (non-hydrogen) atoms. The fraction of sp³-hybridized carbons (Fsp3) is 0.917. The first-order valence-corrected chi connectivity index (χ1v) is 8.24. The monoisotopic (exact) mass is 343 g/mol. The van der Waals surface area contributed by atoms with Gasteiger partial charge in [0.2, 0.25) is 0 Å². The molecule has 0 aliphatic carbocycles. The minimum atomic E-state index is -3.49. The van der Waals surface area contributed by atoms with Crippen LogP contribution in [0, 0.1) is 5.92 Å². The van der Waals surface area contributed by atoms with Gasteiger partial charge in [-0.3, -0.25) is 4.79 Å². The Hall–Kier alpha value is -0.410. The molecule has 1 N–H and O–H groups in total. The molecule has 0 radical (unpaired) electrons. The van der Waals surface area contributed by atoms with Crippen LogP contribution in [-0.4, -0.2) is 70.4 Å². The molecule has 1 saturated heterocycles. The van der Waals surface area contributed by atoms with E-state index in [-0.39, 0.29) is 25.4 Å². The van der Waals surface area contributed by atoms with E-state index < -0.39 is 16.2 Å². The molecule has 0 aromatic heterocycles. The quantitative estimate of drug-likeness (QED) is 0.662. The molecule has 126 valence electrons. The molecule has 1 fully saturated rings. The van der Waals surface area contributed by atoms with Gasteiger partial charge in [-0.1, -0.05) is 0 Å². The lowest BCUT2D eigenvalue weighted by Gasteiger charge is -2.34. The molecule has 1 aliphatic rings. The van der Waals surface area contributed by atoms with Crippen LogP contribution in [0.5, 0.6) is 0 Å². The van der Waals surface area contributed by atoms with Gasteiger partial charge in [-0.15, -0.1) is 12.4 Å². The number of halogens is 1. The van der Waals surface area contributed by atoms with Gasteiger partial charge < -0.3 is 10.1 Å². The number of esters is 1. The summed E-state index contributed by atoms with van der Waals surface area (Å²) < 4.78 is 32.1. The van der Waals surface area contributed by atoms with E-state index in [1.165, 1.54) is 22.8 Å². The Bertz CT molecular complexity index is 417. The van der Waals surface area contributed by atoms with Crippen molar-refractivity contribution in [2.75, 3.05) is 47.4 Å². The van der Waals surface area contributed by atoms with E-state index in [4.69, 9.17) is 0 Å². The maximum atomic E-state index is 12.4. The number of ether oxygens (including phenoxy) is 1. The molecule has 1 rings (SSSR count). The van der Waals surface area contributed by atoms with Gasteiger partial charge in [0.1, 0.15) is 0 Å². The third-order valence-electron chi connectivity index (χ3n) is 3.55. The van der Waals surface area contributed by atoms with Gasteiger partial charge in [0.25, 0.3) is 10.2 Å². The Morgan fingerprint density at radius 2 is 2.14 bits per heavy atom. The topological polar surface area (TPSA) is 79.0 Å². The Labute approximate surface area is 133 Å². The highest BCUT2D eigenvalue weighted by molar-refractivity contribution is 7.86. The maximum absolute atomic E-state index is 12.4. The standard InChI is InChI=1S/C12H25N3O4S.ClH/c1-13-9-11-5-4-7-15(10-11)20(17,18)14(2)8-6-12(16)19-3;/h11,13H,4-10H2,1-3H3;1H. The molecule has 0 bridgehead atoms. The summed E-state index contributed by atoms with van der Waals surface area (Å²) in [7, 11) is 1.18. The lowest BCUT2D eigenvalue weighted by molar-refractivity contribution is -0.140. The molecular formula is C12H26ClN3O4S. The third kappa shape index (κ3) is 6.07. The van der Waals surface area contributed by atoms with Crippen molar-refractivity contribution in [3.63, 3.8) is 0 Å². The van der Waals surface area contributed by atoms with Gasteiger partial charge in [0.05, 0.1) is 13.5 Å². The Balaban J connectivity index is 0.00000400. The highest BCUT2D eigenvalue weighted by Gasteiger charge is 2.31. The first-order chi connectivity index (χ1) is 9.41. The molecule has 1 aliphatic heterocycles. The van der Waals surface area contributed by atoms with Crippen LogP contribution < -0.4 is 5.32 Å². The molecule has 7 nitrogen and oxygen atoms in total. The number of carbonyl (C=O) groups is 1. The van der Waals surface area contributed by atoms with Crippen LogP contribution in [0.3, 0.4) is 0 Å². The summed E-state index contributed by atoms with van der Waals surface area (Å²) in [6.07, 6.45) is 1.98. The number of rotatable bonds is 7. The van der Waals surface area contributed by atoms with E-state index in [2.05, 4.69) is 10.1 Å². The number of piperidine rings is 1. The SMILES string of the molecule is CNCC1CCCN(S(=O)(=O)N(C)CCC(=O)OC)C1.Cl. The van der Waals surface area contributed by atoms with E-state index in [9.17, 15) is 13.2 Å². The Kier molecular flexibility index (Phi) is 9.39. The predicted molar refractivity (Wildman–Crippen MR) is 83.7 cm³/mol. The summed E-state index contributed by atoms with van der Waals surface area (Å²) >= 11 is 0. The minimum absolute atomic E-state index is 0. The summed E-state index contributed by atoms with van der Waals surface area (Å²) in [6, 6.07) is 0. The minimum Gasteiger partial charge on any atom is -0.469 e. The molecule has 1 heterocycles. The normalized spacial score (nSPS) is 20.1. The van der Waals surface area contributed by atoms with Crippen LogP contribution in [0.2, 0.25) is 0 Å². The van der Waals surface area contributed by atoms with Gasteiger partial charge in [-0.05, 0) is 32.4 Å². The Morgan fingerprint density at radius 3 is 2.71 bits per heavy atom. The number of hydrogen-bond donors (Lipinski definition) is 1. The van der Waals surface area contributed by atoms with Crippen LogP contribution in [0.25, 0.3) is 0 Å². The second kappa shape index (κ2) is 9.58. The first-order valence-electron chi connectivity index (χ1n) is 6.84. The van der Waals surface area contributed by atoms with Crippen molar-refractivity contribution in [1.29, 1.82) is 0 Å². The van der Waals surface area contributed by atoms with Gasteiger partial charge in [-0.25, -0.2) is 0 Å². The van der Waals surface area contributed by atoms with Crippen molar-refractivity contribution < 1.29 is 17.9 Å². The number of hydrogen-bond acceptors (Lipinski definition) is 5. The van der Waals surface area contributed by atoms with Crippen molar-refractivity contribution in [2.24, 2.45) is 5.92 Å². The van der Waals surface area contributed by atoms with Crippen molar-refractivity contribution in [1.82, 2.24) is 13.9 Å². The van der Waals surface area contributed by atoms with Crippen molar-refractivity contribution in [2.45, 2.75) is 19.3 Å². The summed E-state index contributed by atoms with van der Waals surface area (Å²) in [6.45, 7) is 2.04. The smallest absolute Gasteiger partial charge is 0.306 e. The fourth-order valence-corrected chi connectivity index (χ4v) is 3.83. The zero-order valence-corrected chi connectivity index (χ0v) is 14.5. The molecule has 0 aromatic rings. The lowest BCUT2D eigenvalue weighted by atomic mass is 10.00. The molecule has 9 heteroatoms. The highest BCUT2D eigenvalue weighted by Crippen LogP contribution is 2.20. The second-order valence-corrected chi connectivity index (χ2v) is 7.11. The predicted octanol–water partition coefficient (Wildman–Crippen LogP) is 0.0793. The zero-order chi connectivity index (χ0) is 15.2. The molecule has 0 spiro atoms. The van der Waals surface area contributed by atoms with Crippen molar-refractivity contribution in [3.8, 4) is 0 Å². The molecular weight excluding hydrogens is 318 g/mol. The van der Waals surface area contributed by atoms with Crippen LogP contribution in [0.15, 0.2) is 0 Å². The maximum Gasteiger partial charge on any atom is 0.306 e. The van der Waals surface area contributed by atoms with Gasteiger partial charge in [0.15, 0.2) is 0 Å². The van der Waals surface area contributed by atoms with Gasteiger partial charge in [-0.2, -0.15) is 17.0 Å². The fourth-order valence-electron chi connectivity index (χ4n) is 2.35. The molecule has 1 unspecified atom stereocenters. The molecule has 0 amide bonds. The number of carbonyl (C=O) groups excluding carboxylic acids is 1. The van der Waals surface area contributed by atoms with E-state index in [0.29, 0.717) is 19.0 Å². The Morgan fingerprint density at radius 1 is 1.48 bits per heavy atom. The lowest BCUT2D eigenvalue weighted by Crippen LogP contribution is -2.48. The second-order valence-electron chi connectivity index (χ2n) is 5.08. The van der Waals surface area contributed by atoms with Crippen LogP contribution >= 0.6 is 12.4 Å². The van der Waals surface area contributed by atoms with Crippen molar-refractivity contribution in [3.05, 3.63) is 0 Å². The molecule has 0 aromatic carbocycles. The zero-order valence-electron chi connectivity index (χ0n) is 12.9. The van der Waals surface area contributed by atoms with Crippen molar-refractivity contribution >= 4 is 28.6 Å². The van der Waals surface area contributed by atoms with E-state index in [1.807, 2.05) is 7.05 Å². The van der Waals surface area contributed by atoms with Crippen LogP contribution in [-0.2, 0) is 19.7 Å². The van der Waals surface area contributed by atoms with Gasteiger partial charge in [0, 0.05) is 26.7 Å². The average molecular weight is 344 g/mol. The first kappa shape index (κ1) is 20.6. The summed E-state index contributed by atoms with van der Waals surface area (Å²) in [5, 5.41) is 3.09. The van der Waals surface area contributed by atoms with E-state index >= 15 is 0 Å². The summed E-state index contributed by atoms with van der Waals surface area (Å²) in [4.78, 5) is 11.1.